The van der Waals surface area contributed by atoms with Crippen LogP contribution < -0.4 is 0 Å². The molecule has 0 bridgehead atoms. The molecule has 2 aromatic carbocycles. The highest BCUT2D eigenvalue weighted by Crippen LogP contribution is 2.38. The SMILES string of the molecule is CC(C)C(=O)C1=C(O)C(=O)N(CCc2ccc(F)cc2)C1c1ccccc1. The molecule has 0 saturated heterocycles. The molecule has 0 fully saturated rings. The van der Waals surface area contributed by atoms with Gasteiger partial charge in [0.15, 0.2) is 11.5 Å². The quantitative estimate of drug-likeness (QED) is 0.840. The number of nitrogens with zero attached hydrogens (tertiary/aromatic N) is 1. The molecule has 1 heterocycles. The highest BCUT2D eigenvalue weighted by atomic mass is 19.1. The van der Waals surface area contributed by atoms with E-state index in [1.807, 2.05) is 30.3 Å². The van der Waals surface area contributed by atoms with Gasteiger partial charge in [0.25, 0.3) is 5.91 Å². The Bertz CT molecular complexity index is 872. The molecule has 1 amide bonds. The van der Waals surface area contributed by atoms with Crippen LogP contribution in [0.2, 0.25) is 0 Å². The van der Waals surface area contributed by atoms with Crippen molar-refractivity contribution in [2.75, 3.05) is 6.54 Å². The second kappa shape index (κ2) is 7.74. The molecule has 2 aromatic rings. The zero-order valence-electron chi connectivity index (χ0n) is 15.4. The molecular formula is C22H22FNO3. The van der Waals surface area contributed by atoms with E-state index in [0.717, 1.165) is 11.1 Å². The van der Waals surface area contributed by atoms with Crippen LogP contribution in [0, 0.1) is 11.7 Å². The molecule has 1 atom stereocenters. The van der Waals surface area contributed by atoms with Gasteiger partial charge >= 0.3 is 0 Å². The van der Waals surface area contributed by atoms with Crippen molar-refractivity contribution < 1.29 is 19.1 Å². The monoisotopic (exact) mass is 367 g/mol. The van der Waals surface area contributed by atoms with Crippen molar-refractivity contribution >= 4 is 11.7 Å². The van der Waals surface area contributed by atoms with E-state index in [4.69, 9.17) is 0 Å². The Labute approximate surface area is 157 Å². The maximum atomic E-state index is 13.1. The van der Waals surface area contributed by atoms with Gasteiger partial charge in [0.05, 0.1) is 11.6 Å². The number of carbonyl (C=O) groups excluding carboxylic acids is 2. The lowest BCUT2D eigenvalue weighted by Crippen LogP contribution is -2.33. The third-order valence-corrected chi connectivity index (χ3v) is 4.76. The molecule has 1 aliphatic heterocycles. The number of rotatable bonds is 6. The van der Waals surface area contributed by atoms with Gasteiger partial charge in [0.2, 0.25) is 0 Å². The number of halogens is 1. The highest BCUT2D eigenvalue weighted by molar-refractivity contribution is 6.09. The summed E-state index contributed by atoms with van der Waals surface area (Å²) in [5, 5.41) is 10.4. The lowest BCUT2D eigenvalue weighted by molar-refractivity contribution is -0.129. The fraction of sp³-hybridized carbons (Fsp3) is 0.273. The van der Waals surface area contributed by atoms with Crippen molar-refractivity contribution in [3.05, 3.63) is 82.9 Å². The Morgan fingerprint density at radius 1 is 1.11 bits per heavy atom. The number of hydrogen-bond acceptors (Lipinski definition) is 3. The normalized spacial score (nSPS) is 17.1. The van der Waals surface area contributed by atoms with E-state index in [9.17, 15) is 19.1 Å². The van der Waals surface area contributed by atoms with Gasteiger partial charge in [0, 0.05) is 12.5 Å². The minimum absolute atomic E-state index is 0.153. The summed E-state index contributed by atoms with van der Waals surface area (Å²) in [7, 11) is 0. The molecule has 4 nitrogen and oxygen atoms in total. The third-order valence-electron chi connectivity index (χ3n) is 4.76. The minimum atomic E-state index is -0.617. The number of amides is 1. The van der Waals surface area contributed by atoms with Crippen LogP contribution in [0.3, 0.4) is 0 Å². The molecule has 27 heavy (non-hydrogen) atoms. The van der Waals surface area contributed by atoms with Crippen molar-refractivity contribution in [2.45, 2.75) is 26.3 Å². The summed E-state index contributed by atoms with van der Waals surface area (Å²) in [5.41, 5.74) is 1.80. The summed E-state index contributed by atoms with van der Waals surface area (Å²) in [5.74, 6) is -1.91. The van der Waals surface area contributed by atoms with Gasteiger partial charge in [-0.15, -0.1) is 0 Å². The van der Waals surface area contributed by atoms with Gasteiger partial charge < -0.3 is 10.0 Å². The molecule has 0 saturated carbocycles. The number of ketones is 1. The first-order valence-corrected chi connectivity index (χ1v) is 8.98. The minimum Gasteiger partial charge on any atom is -0.503 e. The Kier molecular flexibility index (Phi) is 5.40. The second-order valence-electron chi connectivity index (χ2n) is 6.97. The van der Waals surface area contributed by atoms with Gasteiger partial charge in [-0.05, 0) is 29.7 Å². The van der Waals surface area contributed by atoms with E-state index in [1.165, 1.54) is 17.0 Å². The summed E-state index contributed by atoms with van der Waals surface area (Å²) in [6, 6.07) is 14.7. The molecule has 1 aliphatic rings. The zero-order valence-corrected chi connectivity index (χ0v) is 15.4. The van der Waals surface area contributed by atoms with Crippen LogP contribution in [0.5, 0.6) is 0 Å². The van der Waals surface area contributed by atoms with Gasteiger partial charge in [-0.1, -0.05) is 56.3 Å². The standard InChI is InChI=1S/C22H22FNO3/c1-14(2)20(25)18-19(16-6-4-3-5-7-16)24(22(27)21(18)26)13-12-15-8-10-17(23)11-9-15/h3-11,14,19,26H,12-13H2,1-2H3. The largest absolute Gasteiger partial charge is 0.503 e. The first-order valence-electron chi connectivity index (χ1n) is 8.98. The number of hydrogen-bond donors (Lipinski definition) is 1. The fourth-order valence-electron chi connectivity index (χ4n) is 3.33. The summed E-state index contributed by atoms with van der Waals surface area (Å²) in [6.07, 6.45) is 0.492. The molecular weight excluding hydrogens is 345 g/mol. The molecule has 5 heteroatoms. The van der Waals surface area contributed by atoms with Gasteiger partial charge in [-0.3, -0.25) is 9.59 Å². The van der Waals surface area contributed by atoms with Gasteiger partial charge in [0.1, 0.15) is 5.82 Å². The summed E-state index contributed by atoms with van der Waals surface area (Å²) in [6.45, 7) is 3.80. The van der Waals surface area contributed by atoms with Crippen LogP contribution in [-0.4, -0.2) is 28.2 Å². The molecule has 1 N–H and O–H groups in total. The first-order chi connectivity index (χ1) is 12.9. The molecule has 0 radical (unpaired) electrons. The number of benzene rings is 2. The Balaban J connectivity index is 1.93. The van der Waals surface area contributed by atoms with E-state index in [-0.39, 0.29) is 23.1 Å². The second-order valence-corrected chi connectivity index (χ2v) is 6.97. The topological polar surface area (TPSA) is 57.6 Å². The average Bonchev–Trinajstić information content (AvgIpc) is 2.92. The number of carbonyl (C=O) groups is 2. The van der Waals surface area contributed by atoms with E-state index < -0.39 is 17.7 Å². The predicted octanol–water partition coefficient (Wildman–Crippen LogP) is 3.99. The first kappa shape index (κ1) is 18.8. The van der Waals surface area contributed by atoms with Gasteiger partial charge in [-0.2, -0.15) is 0 Å². The van der Waals surface area contributed by atoms with Crippen molar-refractivity contribution in [1.29, 1.82) is 0 Å². The van der Waals surface area contributed by atoms with Crippen LogP contribution in [0.1, 0.15) is 31.0 Å². The lowest BCUT2D eigenvalue weighted by atomic mass is 9.91. The summed E-state index contributed by atoms with van der Waals surface area (Å²) in [4.78, 5) is 26.9. The van der Waals surface area contributed by atoms with Crippen LogP contribution >= 0.6 is 0 Å². The van der Waals surface area contributed by atoms with E-state index in [0.29, 0.717) is 13.0 Å². The summed E-state index contributed by atoms with van der Waals surface area (Å²) >= 11 is 0. The maximum Gasteiger partial charge on any atom is 0.290 e. The highest BCUT2D eigenvalue weighted by Gasteiger charge is 2.43. The number of aliphatic hydroxyl groups excluding tert-OH is 1. The molecule has 0 aliphatic carbocycles. The Morgan fingerprint density at radius 2 is 1.74 bits per heavy atom. The van der Waals surface area contributed by atoms with Crippen molar-refractivity contribution in [2.24, 2.45) is 5.92 Å². The van der Waals surface area contributed by atoms with Crippen molar-refractivity contribution in [3.8, 4) is 0 Å². The van der Waals surface area contributed by atoms with Crippen molar-refractivity contribution in [3.63, 3.8) is 0 Å². The Morgan fingerprint density at radius 3 is 2.33 bits per heavy atom. The van der Waals surface area contributed by atoms with Crippen LogP contribution in [0.25, 0.3) is 0 Å². The molecule has 0 aromatic heterocycles. The van der Waals surface area contributed by atoms with Gasteiger partial charge in [-0.25, -0.2) is 4.39 Å². The van der Waals surface area contributed by atoms with Crippen LogP contribution in [0.4, 0.5) is 4.39 Å². The van der Waals surface area contributed by atoms with Crippen LogP contribution in [0.15, 0.2) is 65.9 Å². The fourth-order valence-corrected chi connectivity index (χ4v) is 3.33. The molecule has 0 spiro atoms. The maximum absolute atomic E-state index is 13.1. The smallest absolute Gasteiger partial charge is 0.290 e. The molecule has 140 valence electrons. The number of aliphatic hydroxyl groups is 1. The van der Waals surface area contributed by atoms with E-state index >= 15 is 0 Å². The zero-order chi connectivity index (χ0) is 19.6. The van der Waals surface area contributed by atoms with E-state index in [2.05, 4.69) is 0 Å². The lowest BCUT2D eigenvalue weighted by Gasteiger charge is -2.27. The molecule has 1 unspecified atom stereocenters. The van der Waals surface area contributed by atoms with E-state index in [1.54, 1.807) is 26.0 Å². The molecule has 3 rings (SSSR count). The Hall–Kier alpha value is -2.95. The van der Waals surface area contributed by atoms with Crippen LogP contribution in [-0.2, 0) is 16.0 Å². The predicted molar refractivity (Wildman–Crippen MR) is 100 cm³/mol. The third kappa shape index (κ3) is 3.77. The average molecular weight is 367 g/mol. The number of Topliss-reactive ketones (excluding diaryl/α,β-unsaturated/α-hetero) is 1. The van der Waals surface area contributed by atoms with Crippen molar-refractivity contribution in [1.82, 2.24) is 4.90 Å². The summed E-state index contributed by atoms with van der Waals surface area (Å²) < 4.78 is 13.1.